The van der Waals surface area contributed by atoms with E-state index in [1.54, 1.807) is 34.4 Å². The molecule has 5 heteroatoms. The first-order valence-corrected chi connectivity index (χ1v) is 13.5. The Kier molecular flexibility index (Phi) is 4.81. The first-order valence-electron chi connectivity index (χ1n) is 10.5. The van der Waals surface area contributed by atoms with Crippen molar-refractivity contribution < 1.29 is 0 Å². The molecule has 0 aromatic carbocycles. The molecule has 3 saturated carbocycles. The van der Waals surface area contributed by atoms with E-state index in [1.807, 2.05) is 0 Å². The maximum atomic E-state index is 5.35. The van der Waals surface area contributed by atoms with Gasteiger partial charge in [-0.1, -0.05) is 32.9 Å². The van der Waals surface area contributed by atoms with E-state index in [2.05, 4.69) is 79.8 Å². The van der Waals surface area contributed by atoms with Gasteiger partial charge in [0, 0.05) is 21.4 Å². The number of hydrogen-bond acceptors (Lipinski definition) is 5. The van der Waals surface area contributed by atoms with Crippen LogP contribution in [0, 0.1) is 22.2 Å². The second-order valence-electron chi connectivity index (χ2n) is 9.51. The summed E-state index contributed by atoms with van der Waals surface area (Å²) in [4.78, 5) is 13.5. The fraction of sp³-hybridized carbons (Fsp3) is 0.440. The zero-order chi connectivity index (χ0) is 21.1. The molecule has 0 amide bonds. The van der Waals surface area contributed by atoms with Gasteiger partial charge in [-0.3, -0.25) is 9.98 Å². The maximum absolute atomic E-state index is 5.35. The normalized spacial score (nSPS) is 36.7. The quantitative estimate of drug-likeness (QED) is 0.323. The lowest BCUT2D eigenvalue weighted by Crippen LogP contribution is -2.42. The highest BCUT2D eigenvalue weighted by Gasteiger charge is 2.85. The number of hydrogen-bond donors (Lipinski definition) is 0. The lowest BCUT2D eigenvalue weighted by Gasteiger charge is -2.48. The number of rotatable bonds is 6. The first kappa shape index (κ1) is 20.5. The van der Waals surface area contributed by atoms with Crippen molar-refractivity contribution in [3.63, 3.8) is 0 Å². The number of aliphatic imine (C=N–C) groups is 2. The van der Waals surface area contributed by atoms with Gasteiger partial charge in [-0.15, -0.1) is 34.4 Å². The second-order valence-corrected chi connectivity index (χ2v) is 12.3. The van der Waals surface area contributed by atoms with Crippen LogP contribution in [0.4, 0.5) is 0 Å². The van der Waals surface area contributed by atoms with E-state index in [4.69, 9.17) is 4.99 Å². The Morgan fingerprint density at radius 3 is 2.47 bits per heavy atom. The zero-order valence-corrected chi connectivity index (χ0v) is 20.5. The molecule has 4 unspecified atom stereocenters. The van der Waals surface area contributed by atoms with E-state index in [9.17, 15) is 0 Å². The summed E-state index contributed by atoms with van der Waals surface area (Å²) in [5.41, 5.74) is 4.67. The lowest BCUT2D eigenvalue weighted by atomic mass is 9.55. The number of thiophene rings is 2. The molecule has 1 spiro atoms. The summed E-state index contributed by atoms with van der Waals surface area (Å²) in [5, 5.41) is 4.23. The molecule has 2 nitrogen and oxygen atoms in total. The van der Waals surface area contributed by atoms with Crippen molar-refractivity contribution >= 4 is 57.8 Å². The Hall–Kier alpha value is -1.43. The molecule has 30 heavy (non-hydrogen) atoms. The minimum atomic E-state index is 0.426. The summed E-state index contributed by atoms with van der Waals surface area (Å²) >= 11 is 5.21. The Bertz CT molecular complexity index is 1080. The van der Waals surface area contributed by atoms with Gasteiger partial charge in [0.05, 0.1) is 10.6 Å². The van der Waals surface area contributed by atoms with Crippen LogP contribution in [0.1, 0.15) is 49.8 Å². The van der Waals surface area contributed by atoms with Crippen LogP contribution in [0.15, 0.2) is 56.4 Å². The van der Waals surface area contributed by atoms with Gasteiger partial charge in [-0.2, -0.15) is 0 Å². The van der Waals surface area contributed by atoms with Gasteiger partial charge in [-0.25, -0.2) is 0 Å². The highest BCUT2D eigenvalue weighted by atomic mass is 32.2. The van der Waals surface area contributed by atoms with Crippen molar-refractivity contribution in [2.45, 2.75) is 40.0 Å². The van der Waals surface area contributed by atoms with Crippen molar-refractivity contribution in [2.24, 2.45) is 32.1 Å². The predicted molar refractivity (Wildman–Crippen MR) is 136 cm³/mol. The fourth-order valence-electron chi connectivity index (χ4n) is 6.85. The first-order chi connectivity index (χ1) is 14.4. The predicted octanol–water partition coefficient (Wildman–Crippen LogP) is 7.87. The molecule has 3 fully saturated rings. The highest BCUT2D eigenvalue weighted by molar-refractivity contribution is 8.07. The molecule has 2 aromatic heterocycles. The Balaban J connectivity index is 1.62. The molecule has 0 radical (unpaired) electrons. The van der Waals surface area contributed by atoms with Crippen LogP contribution in [0.2, 0.25) is 0 Å². The summed E-state index contributed by atoms with van der Waals surface area (Å²) in [5.74, 6) is 0.540. The average Bonchev–Trinajstić information content (AvgIpc) is 3.23. The minimum Gasteiger partial charge on any atom is -0.261 e. The standard InChI is InChI=1S/C25H28N2S3/c1-16-19(13-23(2)14-24(3)15-25(16,23)24)27-18(12-17-8-6-10-29-17)21(26-4)22(28-5)20-9-7-11-30-20/h6-12,16H,4,13-15H2,1-3,5H3/b18-12-,22-21+,27-19?. The van der Waals surface area contributed by atoms with E-state index >= 15 is 0 Å². The SMILES string of the molecule is C=NC(/C(=C/c1cccs1)N=C1CC2(C)CC3(C)CC23C1C)=C(/SC)c1cccs1. The Morgan fingerprint density at radius 1 is 1.17 bits per heavy atom. The van der Waals surface area contributed by atoms with E-state index in [0.29, 0.717) is 22.2 Å². The molecule has 5 rings (SSSR count). The van der Waals surface area contributed by atoms with Gasteiger partial charge in [-0.05, 0) is 77.4 Å². The number of thioether (sulfide) groups is 1. The van der Waals surface area contributed by atoms with Crippen molar-refractivity contribution in [2.75, 3.05) is 6.26 Å². The van der Waals surface area contributed by atoms with E-state index < -0.39 is 0 Å². The van der Waals surface area contributed by atoms with Crippen molar-refractivity contribution in [3.05, 3.63) is 56.2 Å². The van der Waals surface area contributed by atoms with Crippen LogP contribution >= 0.6 is 34.4 Å². The zero-order valence-electron chi connectivity index (χ0n) is 18.1. The molecule has 2 aromatic rings. The van der Waals surface area contributed by atoms with Gasteiger partial charge in [0.2, 0.25) is 0 Å². The van der Waals surface area contributed by atoms with Gasteiger partial charge in [0.25, 0.3) is 0 Å². The van der Waals surface area contributed by atoms with Gasteiger partial charge >= 0.3 is 0 Å². The molecule has 2 heterocycles. The van der Waals surface area contributed by atoms with Crippen LogP contribution in [0.3, 0.4) is 0 Å². The summed E-state index contributed by atoms with van der Waals surface area (Å²) in [6.07, 6.45) is 8.15. The minimum absolute atomic E-state index is 0.426. The molecule has 156 valence electrons. The monoisotopic (exact) mass is 452 g/mol. The van der Waals surface area contributed by atoms with Crippen LogP contribution in [-0.2, 0) is 0 Å². The third-order valence-corrected chi connectivity index (χ3v) is 10.6. The molecule has 4 atom stereocenters. The van der Waals surface area contributed by atoms with Gasteiger partial charge in [0.15, 0.2) is 0 Å². The Morgan fingerprint density at radius 2 is 1.93 bits per heavy atom. The van der Waals surface area contributed by atoms with Crippen molar-refractivity contribution in [1.29, 1.82) is 0 Å². The molecule has 3 aliphatic carbocycles. The van der Waals surface area contributed by atoms with E-state index in [-0.39, 0.29) is 0 Å². The fourth-order valence-corrected chi connectivity index (χ4v) is 9.19. The molecule has 0 saturated heterocycles. The lowest BCUT2D eigenvalue weighted by molar-refractivity contribution is -0.00859. The highest BCUT2D eigenvalue weighted by Crippen LogP contribution is 2.91. The smallest absolute Gasteiger partial charge is 0.103 e. The molecule has 0 aliphatic heterocycles. The summed E-state index contributed by atoms with van der Waals surface area (Å²) in [6.45, 7) is 11.3. The summed E-state index contributed by atoms with van der Waals surface area (Å²) in [6, 6.07) is 8.49. The molecule has 3 aliphatic rings. The van der Waals surface area contributed by atoms with Crippen LogP contribution < -0.4 is 0 Å². The second kappa shape index (κ2) is 7.04. The molecular weight excluding hydrogens is 424 g/mol. The van der Waals surface area contributed by atoms with Crippen molar-refractivity contribution in [1.82, 2.24) is 0 Å². The van der Waals surface area contributed by atoms with Crippen LogP contribution in [0.25, 0.3) is 11.0 Å². The molecular formula is C25H28N2S3. The Labute approximate surface area is 191 Å². The summed E-state index contributed by atoms with van der Waals surface area (Å²) in [7, 11) is 0. The van der Waals surface area contributed by atoms with Crippen molar-refractivity contribution in [3.8, 4) is 0 Å². The third kappa shape index (κ3) is 2.74. The van der Waals surface area contributed by atoms with Gasteiger partial charge in [0.1, 0.15) is 5.70 Å². The van der Waals surface area contributed by atoms with Crippen LogP contribution in [-0.4, -0.2) is 18.7 Å². The maximum Gasteiger partial charge on any atom is 0.103 e. The number of nitrogens with zero attached hydrogens (tertiary/aromatic N) is 2. The van der Waals surface area contributed by atoms with E-state index in [0.717, 1.165) is 22.7 Å². The molecule has 0 N–H and O–H groups in total. The average molecular weight is 453 g/mol. The third-order valence-electron chi connectivity index (χ3n) is 7.94. The molecule has 0 bridgehead atoms. The van der Waals surface area contributed by atoms with Gasteiger partial charge < -0.3 is 0 Å². The van der Waals surface area contributed by atoms with E-state index in [1.165, 1.54) is 28.3 Å². The summed E-state index contributed by atoms with van der Waals surface area (Å²) < 4.78 is 0. The largest absolute Gasteiger partial charge is 0.261 e. The topological polar surface area (TPSA) is 24.7 Å². The van der Waals surface area contributed by atoms with Crippen LogP contribution in [0.5, 0.6) is 0 Å².